The second-order valence-electron chi connectivity index (χ2n) is 3.96. The Hall–Kier alpha value is 0.140. The number of hydrogen-bond acceptors (Lipinski definition) is 2. The van der Waals surface area contributed by atoms with Crippen LogP contribution in [0.1, 0.15) is 37.0 Å². The van der Waals surface area contributed by atoms with Gasteiger partial charge in [-0.15, -0.1) is 11.3 Å². The molecule has 2 rings (SSSR count). The van der Waals surface area contributed by atoms with Gasteiger partial charge < -0.3 is 5.32 Å². The Morgan fingerprint density at radius 3 is 2.86 bits per heavy atom. The Bertz CT molecular complexity index is 291. The minimum absolute atomic E-state index is 0.779. The molecule has 1 saturated carbocycles. The van der Waals surface area contributed by atoms with Crippen LogP contribution in [0.25, 0.3) is 0 Å². The molecule has 1 aliphatic rings. The highest BCUT2D eigenvalue weighted by atomic mass is 79.9. The van der Waals surface area contributed by atoms with Crippen molar-refractivity contribution in [2.45, 2.75) is 38.1 Å². The Kier molecular flexibility index (Phi) is 3.63. The molecule has 1 aromatic rings. The minimum atomic E-state index is 0.779. The number of rotatable bonds is 4. The molecule has 0 saturated heterocycles. The number of thiophene rings is 1. The lowest BCUT2D eigenvalue weighted by molar-refractivity contribution is 0.295. The highest BCUT2D eigenvalue weighted by Gasteiger charge is 2.30. The van der Waals surface area contributed by atoms with Crippen LogP contribution >= 0.6 is 27.3 Å². The molecule has 0 radical (unpaired) electrons. The molecule has 0 aliphatic heterocycles. The van der Waals surface area contributed by atoms with Gasteiger partial charge in [-0.1, -0.05) is 6.92 Å². The summed E-state index contributed by atoms with van der Waals surface area (Å²) in [6, 6.07) is 5.20. The molecule has 78 valence electrons. The van der Waals surface area contributed by atoms with Crippen molar-refractivity contribution in [3.63, 3.8) is 0 Å². The van der Waals surface area contributed by atoms with Crippen LogP contribution in [0.2, 0.25) is 0 Å². The van der Waals surface area contributed by atoms with Gasteiger partial charge in [0.15, 0.2) is 0 Å². The number of halogens is 1. The average Bonchev–Trinajstić information content (AvgIpc) is 2.49. The van der Waals surface area contributed by atoms with E-state index in [4.69, 9.17) is 0 Å². The quantitative estimate of drug-likeness (QED) is 0.881. The van der Waals surface area contributed by atoms with Gasteiger partial charge in [0.2, 0.25) is 0 Å². The zero-order valence-electron chi connectivity index (χ0n) is 8.42. The molecule has 14 heavy (non-hydrogen) atoms. The van der Waals surface area contributed by atoms with Crippen LogP contribution in [0.5, 0.6) is 0 Å². The van der Waals surface area contributed by atoms with E-state index in [1.165, 1.54) is 29.6 Å². The van der Waals surface area contributed by atoms with E-state index in [-0.39, 0.29) is 0 Å². The van der Waals surface area contributed by atoms with Crippen molar-refractivity contribution < 1.29 is 0 Å². The summed E-state index contributed by atoms with van der Waals surface area (Å²) in [4.78, 5) is 1.55. The summed E-state index contributed by atoms with van der Waals surface area (Å²) in [7, 11) is 0. The molecule has 0 atom stereocenters. The molecule has 1 aliphatic carbocycles. The van der Waals surface area contributed by atoms with Gasteiger partial charge in [0.05, 0.1) is 3.79 Å². The molecular formula is C11H16BrNS. The molecule has 1 fully saturated rings. The molecule has 0 amide bonds. The Labute approximate surface area is 98.0 Å². The van der Waals surface area contributed by atoms with E-state index in [1.54, 1.807) is 4.88 Å². The van der Waals surface area contributed by atoms with Gasteiger partial charge in [-0.25, -0.2) is 0 Å². The summed E-state index contributed by atoms with van der Waals surface area (Å²) in [6.07, 6.45) is 3.89. The van der Waals surface area contributed by atoms with E-state index in [1.807, 2.05) is 11.3 Å². The van der Waals surface area contributed by atoms with Crippen LogP contribution in [-0.2, 0) is 0 Å². The smallest absolute Gasteiger partial charge is 0.0701 e. The van der Waals surface area contributed by atoms with Crippen LogP contribution in [-0.4, -0.2) is 12.6 Å². The molecule has 1 nitrogen and oxygen atoms in total. The van der Waals surface area contributed by atoms with Crippen molar-refractivity contribution >= 4 is 27.3 Å². The van der Waals surface area contributed by atoms with Crippen molar-refractivity contribution in [1.82, 2.24) is 5.32 Å². The summed E-state index contributed by atoms with van der Waals surface area (Å²) in [5.41, 5.74) is 0. The first kappa shape index (κ1) is 10.7. The summed E-state index contributed by atoms with van der Waals surface area (Å²) in [5, 5.41) is 3.57. The van der Waals surface area contributed by atoms with Gasteiger partial charge in [0, 0.05) is 10.9 Å². The predicted octanol–water partition coefficient (Wildman–Crippen LogP) is 3.76. The Balaban J connectivity index is 1.77. The second kappa shape index (κ2) is 4.77. The molecule has 0 bridgehead atoms. The molecule has 0 aromatic carbocycles. The lowest BCUT2D eigenvalue weighted by atomic mass is 9.79. The first-order valence-electron chi connectivity index (χ1n) is 5.28. The van der Waals surface area contributed by atoms with E-state index >= 15 is 0 Å². The summed E-state index contributed by atoms with van der Waals surface area (Å²) < 4.78 is 1.26. The molecule has 1 N–H and O–H groups in total. The van der Waals surface area contributed by atoms with Crippen molar-refractivity contribution in [3.8, 4) is 0 Å². The molecule has 0 spiro atoms. The monoisotopic (exact) mass is 273 g/mol. The fourth-order valence-corrected chi connectivity index (χ4v) is 3.46. The molecule has 3 heteroatoms. The van der Waals surface area contributed by atoms with Gasteiger partial charge in [-0.2, -0.15) is 0 Å². The Morgan fingerprint density at radius 2 is 2.29 bits per heavy atom. The average molecular weight is 274 g/mol. The summed E-state index contributed by atoms with van der Waals surface area (Å²) in [5.74, 6) is 0.820. The van der Waals surface area contributed by atoms with Crippen LogP contribution in [0, 0.1) is 0 Å². The van der Waals surface area contributed by atoms with E-state index in [9.17, 15) is 0 Å². The lowest BCUT2D eigenvalue weighted by Crippen LogP contribution is -2.40. The van der Waals surface area contributed by atoms with Crippen molar-refractivity contribution in [2.24, 2.45) is 0 Å². The second-order valence-corrected chi connectivity index (χ2v) is 6.46. The summed E-state index contributed by atoms with van der Waals surface area (Å²) >= 11 is 5.40. The normalized spacial score (nSPS) is 26.1. The third kappa shape index (κ3) is 2.38. The standard InChI is InChI=1S/C11H16BrNS/c1-2-5-13-9-6-8(7-9)10-3-4-11(12)14-10/h3-4,8-9,13H,2,5-7H2,1H3. The fraction of sp³-hybridized carbons (Fsp3) is 0.636. The van der Waals surface area contributed by atoms with Crippen LogP contribution in [0.4, 0.5) is 0 Å². The van der Waals surface area contributed by atoms with Gasteiger partial charge >= 0.3 is 0 Å². The van der Waals surface area contributed by atoms with Gasteiger partial charge in [0.1, 0.15) is 0 Å². The fourth-order valence-electron chi connectivity index (χ4n) is 1.91. The van der Waals surface area contributed by atoms with Crippen LogP contribution < -0.4 is 5.32 Å². The SMILES string of the molecule is CCCNC1CC(c2ccc(Br)s2)C1. The highest BCUT2D eigenvalue weighted by Crippen LogP contribution is 2.41. The highest BCUT2D eigenvalue weighted by molar-refractivity contribution is 9.11. The third-order valence-electron chi connectivity index (χ3n) is 2.82. The van der Waals surface area contributed by atoms with Gasteiger partial charge in [0.25, 0.3) is 0 Å². The Morgan fingerprint density at radius 1 is 1.50 bits per heavy atom. The van der Waals surface area contributed by atoms with Gasteiger partial charge in [-0.3, -0.25) is 0 Å². The zero-order chi connectivity index (χ0) is 9.97. The van der Waals surface area contributed by atoms with E-state index in [0.29, 0.717) is 0 Å². The maximum absolute atomic E-state index is 3.57. The van der Waals surface area contributed by atoms with Crippen LogP contribution in [0.15, 0.2) is 15.9 Å². The van der Waals surface area contributed by atoms with Crippen molar-refractivity contribution in [1.29, 1.82) is 0 Å². The first-order valence-corrected chi connectivity index (χ1v) is 6.89. The minimum Gasteiger partial charge on any atom is -0.314 e. The first-order chi connectivity index (χ1) is 6.79. The molecule has 1 aromatic heterocycles. The van der Waals surface area contributed by atoms with E-state index < -0.39 is 0 Å². The van der Waals surface area contributed by atoms with Crippen molar-refractivity contribution in [2.75, 3.05) is 6.54 Å². The molecular weight excluding hydrogens is 258 g/mol. The van der Waals surface area contributed by atoms with E-state index in [2.05, 4.69) is 40.3 Å². The van der Waals surface area contributed by atoms with Crippen LogP contribution in [0.3, 0.4) is 0 Å². The molecule has 0 unspecified atom stereocenters. The predicted molar refractivity (Wildman–Crippen MR) is 66.1 cm³/mol. The number of nitrogens with one attached hydrogen (secondary N) is 1. The van der Waals surface area contributed by atoms with Gasteiger partial charge in [-0.05, 0) is 59.8 Å². The topological polar surface area (TPSA) is 12.0 Å². The number of hydrogen-bond donors (Lipinski definition) is 1. The zero-order valence-corrected chi connectivity index (χ0v) is 10.8. The summed E-state index contributed by atoms with van der Waals surface area (Å²) in [6.45, 7) is 3.39. The largest absolute Gasteiger partial charge is 0.314 e. The maximum atomic E-state index is 3.57. The molecule has 1 heterocycles. The van der Waals surface area contributed by atoms with Crippen molar-refractivity contribution in [3.05, 3.63) is 20.8 Å². The van der Waals surface area contributed by atoms with E-state index in [0.717, 1.165) is 12.0 Å². The third-order valence-corrected chi connectivity index (χ3v) is 4.60. The lowest BCUT2D eigenvalue weighted by Gasteiger charge is -2.35. The maximum Gasteiger partial charge on any atom is 0.0701 e.